The van der Waals surface area contributed by atoms with Crippen molar-refractivity contribution in [1.29, 1.82) is 0 Å². The normalized spacial score (nSPS) is 11.8. The molecule has 3 heterocycles. The molecule has 0 aliphatic heterocycles. The van der Waals surface area contributed by atoms with Crippen LogP contribution in [0.1, 0.15) is 0 Å². The summed E-state index contributed by atoms with van der Waals surface area (Å²) in [5.74, 6) is 0.605. The molecule has 4 nitrogen and oxygen atoms in total. The molecule has 0 N–H and O–H groups in total. The number of thiophene rings is 1. The van der Waals surface area contributed by atoms with Crippen molar-refractivity contribution in [3.63, 3.8) is 0 Å². The molecule has 8 aromatic carbocycles. The highest BCUT2D eigenvalue weighted by molar-refractivity contribution is 7.25. The third-order valence-corrected chi connectivity index (χ3v) is 11.3. The minimum absolute atomic E-state index is 0.605. The Kier molecular flexibility index (Phi) is 6.39. The highest BCUT2D eigenvalue weighted by Crippen LogP contribution is 2.46. The number of aromatic nitrogens is 2. The SMILES string of the molecule is c1ccc(-c2nc3c(N(c4ccc5sc6ccccc6c5c4)c4ccc5c(c4)c4ccccc4n5-c4ccccc4)cc4ccccc4c3o2)cc1. The largest absolute Gasteiger partial charge is 0.435 e. The number of nitrogens with zero attached hydrogens (tertiary/aromatic N) is 3. The molecule has 0 amide bonds. The van der Waals surface area contributed by atoms with Crippen molar-refractivity contribution in [2.24, 2.45) is 0 Å². The number of anilines is 3. The van der Waals surface area contributed by atoms with Gasteiger partial charge < -0.3 is 13.9 Å². The second-order valence-electron chi connectivity index (χ2n) is 13.2. The summed E-state index contributed by atoms with van der Waals surface area (Å²) < 4.78 is 11.6. The van der Waals surface area contributed by atoms with Crippen LogP contribution in [-0.4, -0.2) is 9.55 Å². The van der Waals surface area contributed by atoms with Crippen LogP contribution >= 0.6 is 11.3 Å². The summed E-state index contributed by atoms with van der Waals surface area (Å²) in [6, 6.07) is 62.6. The van der Waals surface area contributed by atoms with Crippen LogP contribution in [0.5, 0.6) is 0 Å². The van der Waals surface area contributed by atoms with Crippen molar-refractivity contribution in [1.82, 2.24) is 9.55 Å². The number of rotatable bonds is 5. The smallest absolute Gasteiger partial charge is 0.227 e. The van der Waals surface area contributed by atoms with Gasteiger partial charge in [0.2, 0.25) is 5.89 Å². The third kappa shape index (κ3) is 4.43. The molecule has 0 spiro atoms. The molecule has 52 heavy (non-hydrogen) atoms. The van der Waals surface area contributed by atoms with Gasteiger partial charge in [0, 0.05) is 59.0 Å². The first-order valence-electron chi connectivity index (χ1n) is 17.5. The molecule has 0 atom stereocenters. The lowest BCUT2D eigenvalue weighted by Gasteiger charge is -2.26. The Hall–Kier alpha value is -6.69. The summed E-state index contributed by atoms with van der Waals surface area (Å²) in [6.07, 6.45) is 0. The van der Waals surface area contributed by atoms with Gasteiger partial charge in [-0.2, -0.15) is 0 Å². The Bertz CT molecular complexity index is 3140. The molecule has 0 fully saturated rings. The van der Waals surface area contributed by atoms with Crippen LogP contribution in [0.3, 0.4) is 0 Å². The number of hydrogen-bond donors (Lipinski definition) is 0. The van der Waals surface area contributed by atoms with Gasteiger partial charge in [0.05, 0.1) is 16.7 Å². The molecule has 0 aliphatic rings. The van der Waals surface area contributed by atoms with E-state index in [2.05, 4.69) is 167 Å². The zero-order chi connectivity index (χ0) is 34.2. The summed E-state index contributed by atoms with van der Waals surface area (Å²) in [5, 5.41) is 7.03. The Morgan fingerprint density at radius 3 is 1.98 bits per heavy atom. The van der Waals surface area contributed by atoms with Crippen molar-refractivity contribution in [3.05, 3.63) is 176 Å². The van der Waals surface area contributed by atoms with E-state index in [1.165, 1.54) is 36.5 Å². The van der Waals surface area contributed by atoms with Crippen molar-refractivity contribution < 1.29 is 4.42 Å². The third-order valence-electron chi connectivity index (χ3n) is 10.2. The number of oxazole rings is 1. The summed E-state index contributed by atoms with van der Waals surface area (Å²) in [5.41, 5.74) is 9.08. The second-order valence-corrected chi connectivity index (χ2v) is 14.3. The van der Waals surface area contributed by atoms with Gasteiger partial charge in [0.25, 0.3) is 0 Å². The summed E-state index contributed by atoms with van der Waals surface area (Å²) >= 11 is 1.83. The molecular weight excluding hydrogens is 655 g/mol. The Balaban J connectivity index is 1.23. The molecule has 5 heteroatoms. The molecule has 0 unspecified atom stereocenters. The molecule has 3 aromatic heterocycles. The van der Waals surface area contributed by atoms with Crippen LogP contribution in [0.15, 0.2) is 180 Å². The Labute approximate surface area is 303 Å². The van der Waals surface area contributed by atoms with Crippen molar-refractivity contribution in [2.45, 2.75) is 0 Å². The van der Waals surface area contributed by atoms with E-state index in [-0.39, 0.29) is 0 Å². The standard InChI is InChI=1S/C47H29N3OS/c1-3-13-30(14-4-1)47-48-45-42(27-31-15-7-8-18-35(31)46(45)51-47)49(34-24-26-44-39(29-34)37-20-10-12-22-43(37)52-44)33-23-25-41-38(28-33)36-19-9-11-21-40(36)50(41)32-16-5-2-6-17-32/h1-29H. The fourth-order valence-electron chi connectivity index (χ4n) is 7.83. The lowest BCUT2D eigenvalue weighted by Crippen LogP contribution is -2.10. The van der Waals surface area contributed by atoms with E-state index in [0.717, 1.165) is 55.7 Å². The molecule has 0 bridgehead atoms. The van der Waals surface area contributed by atoms with E-state index in [1.54, 1.807) is 0 Å². The monoisotopic (exact) mass is 683 g/mol. The number of para-hydroxylation sites is 2. The van der Waals surface area contributed by atoms with Gasteiger partial charge in [-0.05, 0) is 84.2 Å². The zero-order valence-corrected chi connectivity index (χ0v) is 28.7. The van der Waals surface area contributed by atoms with Crippen molar-refractivity contribution in [3.8, 4) is 17.1 Å². The van der Waals surface area contributed by atoms with Gasteiger partial charge in [-0.25, -0.2) is 4.98 Å². The maximum Gasteiger partial charge on any atom is 0.227 e. The van der Waals surface area contributed by atoms with Crippen LogP contribution in [0, 0.1) is 0 Å². The lowest BCUT2D eigenvalue weighted by atomic mass is 10.0. The summed E-state index contributed by atoms with van der Waals surface area (Å²) in [6.45, 7) is 0. The minimum atomic E-state index is 0.605. The van der Waals surface area contributed by atoms with E-state index in [1.807, 2.05) is 29.5 Å². The topological polar surface area (TPSA) is 34.2 Å². The zero-order valence-electron chi connectivity index (χ0n) is 27.9. The van der Waals surface area contributed by atoms with Crippen LogP contribution in [-0.2, 0) is 0 Å². The van der Waals surface area contributed by atoms with Crippen LogP contribution in [0.25, 0.3) is 81.0 Å². The molecule has 11 rings (SSSR count). The van der Waals surface area contributed by atoms with Gasteiger partial charge in [0.15, 0.2) is 5.58 Å². The number of hydrogen-bond acceptors (Lipinski definition) is 4. The van der Waals surface area contributed by atoms with Gasteiger partial charge in [-0.15, -0.1) is 11.3 Å². The fourth-order valence-corrected chi connectivity index (χ4v) is 8.92. The highest BCUT2D eigenvalue weighted by atomic mass is 32.1. The average Bonchev–Trinajstić information content (AvgIpc) is 3.91. The predicted molar refractivity (Wildman–Crippen MR) is 219 cm³/mol. The fraction of sp³-hybridized carbons (Fsp3) is 0. The minimum Gasteiger partial charge on any atom is -0.435 e. The van der Waals surface area contributed by atoms with E-state index >= 15 is 0 Å². The van der Waals surface area contributed by atoms with Crippen molar-refractivity contribution >= 4 is 92.2 Å². The molecule has 0 aliphatic carbocycles. The maximum absolute atomic E-state index is 6.69. The Morgan fingerprint density at radius 2 is 1.13 bits per heavy atom. The van der Waals surface area contributed by atoms with E-state index in [4.69, 9.17) is 9.40 Å². The second kappa shape index (κ2) is 11.4. The molecule has 0 radical (unpaired) electrons. The van der Waals surface area contributed by atoms with Gasteiger partial charge in [-0.3, -0.25) is 0 Å². The van der Waals surface area contributed by atoms with E-state index in [0.29, 0.717) is 5.89 Å². The van der Waals surface area contributed by atoms with Gasteiger partial charge in [-0.1, -0.05) is 97.1 Å². The van der Waals surface area contributed by atoms with Crippen LogP contribution in [0.4, 0.5) is 17.1 Å². The molecule has 0 saturated carbocycles. The molecule has 11 aromatic rings. The van der Waals surface area contributed by atoms with Crippen LogP contribution in [0.2, 0.25) is 0 Å². The Morgan fingerprint density at radius 1 is 0.500 bits per heavy atom. The number of fused-ring (bicyclic) bond motifs is 9. The molecule has 244 valence electrons. The molecular formula is C47H29N3OS. The highest BCUT2D eigenvalue weighted by Gasteiger charge is 2.24. The predicted octanol–water partition coefficient (Wildman–Crippen LogP) is 13.6. The first-order chi connectivity index (χ1) is 25.8. The van der Waals surface area contributed by atoms with Crippen molar-refractivity contribution in [2.75, 3.05) is 4.90 Å². The number of benzene rings is 8. The first kappa shape index (κ1) is 29.1. The van der Waals surface area contributed by atoms with Gasteiger partial charge >= 0.3 is 0 Å². The van der Waals surface area contributed by atoms with E-state index < -0.39 is 0 Å². The summed E-state index contributed by atoms with van der Waals surface area (Å²) in [4.78, 5) is 7.62. The molecule has 0 saturated heterocycles. The average molecular weight is 684 g/mol. The quantitative estimate of drug-likeness (QED) is 0.181. The first-order valence-corrected chi connectivity index (χ1v) is 18.3. The van der Waals surface area contributed by atoms with E-state index in [9.17, 15) is 0 Å². The van der Waals surface area contributed by atoms with Crippen LogP contribution < -0.4 is 4.90 Å². The van der Waals surface area contributed by atoms with Gasteiger partial charge in [0.1, 0.15) is 5.52 Å². The maximum atomic E-state index is 6.69. The lowest BCUT2D eigenvalue weighted by molar-refractivity contribution is 0.623. The summed E-state index contributed by atoms with van der Waals surface area (Å²) in [7, 11) is 0.